The van der Waals surface area contributed by atoms with Crippen molar-refractivity contribution in [2.75, 3.05) is 4.90 Å². The molecule has 3 amide bonds. The summed E-state index contributed by atoms with van der Waals surface area (Å²) in [6, 6.07) is 26.2. The van der Waals surface area contributed by atoms with Gasteiger partial charge in [0.2, 0.25) is 0 Å². The maximum Gasteiger partial charge on any atom is 0.352 e. The summed E-state index contributed by atoms with van der Waals surface area (Å²) < 4.78 is 0. The van der Waals surface area contributed by atoms with Crippen molar-refractivity contribution in [1.82, 2.24) is 5.48 Å². The summed E-state index contributed by atoms with van der Waals surface area (Å²) in [6.45, 7) is 0.203. The molecule has 5 heteroatoms. The molecule has 0 radical (unpaired) electrons. The number of nitrogens with one attached hydrogen (secondary N) is 1. The molecule has 0 saturated carbocycles. The van der Waals surface area contributed by atoms with Crippen molar-refractivity contribution in [3.8, 4) is 0 Å². The van der Waals surface area contributed by atoms with Crippen LogP contribution in [0.25, 0.3) is 0 Å². The molecular weight excluding hydrogens is 328 g/mol. The Balaban J connectivity index is 1.75. The van der Waals surface area contributed by atoms with Crippen molar-refractivity contribution in [1.29, 1.82) is 0 Å². The fraction of sp³-hybridized carbons (Fsp3) is 0.0476. The Labute approximate surface area is 151 Å². The van der Waals surface area contributed by atoms with E-state index >= 15 is 0 Å². The molecule has 0 fully saturated rings. The maximum atomic E-state index is 12.8. The first-order valence-corrected chi connectivity index (χ1v) is 8.16. The number of rotatable bonds is 5. The van der Waals surface area contributed by atoms with Crippen LogP contribution in [0.1, 0.15) is 15.9 Å². The summed E-state index contributed by atoms with van der Waals surface area (Å²) in [4.78, 5) is 31.8. The molecule has 0 bridgehead atoms. The lowest BCUT2D eigenvalue weighted by Gasteiger charge is -2.21. The Morgan fingerprint density at radius 2 is 1.31 bits per heavy atom. The van der Waals surface area contributed by atoms with Crippen LogP contribution in [0.15, 0.2) is 91.0 Å². The molecule has 3 rings (SSSR count). The normalized spacial score (nSPS) is 10.2. The van der Waals surface area contributed by atoms with Crippen LogP contribution < -0.4 is 10.4 Å². The average Bonchev–Trinajstić information content (AvgIpc) is 2.70. The van der Waals surface area contributed by atoms with E-state index in [4.69, 9.17) is 4.84 Å². The van der Waals surface area contributed by atoms with Crippen LogP contribution in [0.4, 0.5) is 10.5 Å². The van der Waals surface area contributed by atoms with E-state index in [0.717, 1.165) is 10.5 Å². The van der Waals surface area contributed by atoms with Crippen molar-refractivity contribution in [3.05, 3.63) is 102 Å². The minimum absolute atomic E-state index is 0.203. The van der Waals surface area contributed by atoms with E-state index in [1.54, 1.807) is 48.5 Å². The molecular formula is C21H18N2O3. The lowest BCUT2D eigenvalue weighted by atomic mass is 10.2. The van der Waals surface area contributed by atoms with Crippen LogP contribution in [0, 0.1) is 0 Å². The predicted octanol–water partition coefficient (Wildman–Crippen LogP) is 4.17. The van der Waals surface area contributed by atoms with E-state index in [1.807, 2.05) is 42.5 Å². The van der Waals surface area contributed by atoms with Crippen molar-refractivity contribution in [2.45, 2.75) is 6.61 Å². The number of hydrogen-bond donors (Lipinski definition) is 1. The van der Waals surface area contributed by atoms with Gasteiger partial charge < -0.3 is 0 Å². The molecule has 0 saturated heterocycles. The molecule has 26 heavy (non-hydrogen) atoms. The number of benzene rings is 3. The topological polar surface area (TPSA) is 58.6 Å². The van der Waals surface area contributed by atoms with Crippen LogP contribution in [0.5, 0.6) is 0 Å². The number of urea groups is 1. The van der Waals surface area contributed by atoms with Gasteiger partial charge in [0, 0.05) is 5.56 Å². The third kappa shape index (κ3) is 4.34. The van der Waals surface area contributed by atoms with Crippen LogP contribution in [0.2, 0.25) is 0 Å². The van der Waals surface area contributed by atoms with Gasteiger partial charge in [-0.2, -0.15) is 0 Å². The number of hydrogen-bond acceptors (Lipinski definition) is 3. The van der Waals surface area contributed by atoms with Gasteiger partial charge in [-0.3, -0.25) is 9.63 Å². The lowest BCUT2D eigenvalue weighted by Crippen LogP contribution is -2.44. The number of anilines is 1. The molecule has 0 aliphatic heterocycles. The van der Waals surface area contributed by atoms with E-state index in [9.17, 15) is 9.59 Å². The van der Waals surface area contributed by atoms with Gasteiger partial charge in [-0.05, 0) is 29.8 Å². The van der Waals surface area contributed by atoms with Crippen LogP contribution in [-0.4, -0.2) is 11.9 Å². The number of imide groups is 1. The first-order chi connectivity index (χ1) is 12.8. The zero-order valence-electron chi connectivity index (χ0n) is 14.0. The van der Waals surface area contributed by atoms with Gasteiger partial charge in [0.1, 0.15) is 0 Å². The second-order valence-electron chi connectivity index (χ2n) is 5.52. The summed E-state index contributed by atoms with van der Waals surface area (Å²) in [5.41, 5.74) is 4.13. The summed E-state index contributed by atoms with van der Waals surface area (Å²) in [5.74, 6) is -0.433. The Hall–Kier alpha value is -3.44. The van der Waals surface area contributed by atoms with Gasteiger partial charge in [-0.25, -0.2) is 15.2 Å². The third-order valence-electron chi connectivity index (χ3n) is 3.68. The second-order valence-corrected chi connectivity index (χ2v) is 5.52. The second kappa shape index (κ2) is 8.60. The molecule has 3 aromatic rings. The average molecular weight is 346 g/mol. The minimum atomic E-state index is -0.652. The lowest BCUT2D eigenvalue weighted by molar-refractivity contribution is 0.0507. The highest BCUT2D eigenvalue weighted by atomic mass is 16.7. The summed E-state index contributed by atoms with van der Waals surface area (Å²) in [5, 5.41) is 0. The van der Waals surface area contributed by atoms with Crippen molar-refractivity contribution in [2.24, 2.45) is 0 Å². The standard InChI is InChI=1S/C21H18N2O3/c24-20(18-12-6-2-7-13-18)23(19-14-8-3-9-15-19)21(25)22-26-16-17-10-4-1-5-11-17/h1-15H,16H2,(H,22,25). The fourth-order valence-electron chi connectivity index (χ4n) is 2.41. The molecule has 0 atom stereocenters. The Kier molecular flexibility index (Phi) is 5.75. The molecule has 0 aliphatic carbocycles. The fourth-order valence-corrected chi connectivity index (χ4v) is 2.41. The van der Waals surface area contributed by atoms with Crippen LogP contribution >= 0.6 is 0 Å². The molecule has 0 unspecified atom stereocenters. The first kappa shape index (κ1) is 17.4. The van der Waals surface area contributed by atoms with Crippen LogP contribution in [0.3, 0.4) is 0 Å². The highest BCUT2D eigenvalue weighted by Gasteiger charge is 2.24. The third-order valence-corrected chi connectivity index (χ3v) is 3.68. The number of hydroxylamine groups is 1. The molecule has 3 aromatic carbocycles. The van der Waals surface area contributed by atoms with Gasteiger partial charge in [0.05, 0.1) is 12.3 Å². The van der Waals surface area contributed by atoms with Gasteiger partial charge in [0.25, 0.3) is 5.91 Å². The molecule has 5 nitrogen and oxygen atoms in total. The zero-order chi connectivity index (χ0) is 18.2. The summed E-state index contributed by atoms with van der Waals surface area (Å²) in [7, 11) is 0. The van der Waals surface area contributed by atoms with Gasteiger partial charge in [-0.15, -0.1) is 0 Å². The number of carbonyl (C=O) groups excluding carboxylic acids is 2. The number of para-hydroxylation sites is 1. The molecule has 0 aliphatic rings. The SMILES string of the molecule is O=C(NOCc1ccccc1)N(C(=O)c1ccccc1)c1ccccc1. The largest absolute Gasteiger partial charge is 0.352 e. The Bertz CT molecular complexity index is 852. The van der Waals surface area contributed by atoms with Crippen molar-refractivity contribution >= 4 is 17.6 Å². The Morgan fingerprint density at radius 3 is 1.92 bits per heavy atom. The van der Waals surface area contributed by atoms with E-state index in [2.05, 4.69) is 5.48 Å². The van der Waals surface area contributed by atoms with E-state index in [0.29, 0.717) is 11.3 Å². The van der Waals surface area contributed by atoms with Crippen molar-refractivity contribution < 1.29 is 14.4 Å². The Morgan fingerprint density at radius 1 is 0.769 bits per heavy atom. The maximum absolute atomic E-state index is 12.8. The van der Waals surface area contributed by atoms with E-state index in [1.165, 1.54) is 0 Å². The smallest absolute Gasteiger partial charge is 0.268 e. The molecule has 0 spiro atoms. The minimum Gasteiger partial charge on any atom is -0.268 e. The van der Waals surface area contributed by atoms with Crippen LogP contribution in [-0.2, 0) is 11.4 Å². The first-order valence-electron chi connectivity index (χ1n) is 8.16. The molecule has 0 aromatic heterocycles. The van der Waals surface area contributed by atoms with Gasteiger partial charge in [0.15, 0.2) is 0 Å². The monoisotopic (exact) mass is 346 g/mol. The summed E-state index contributed by atoms with van der Waals surface area (Å²) >= 11 is 0. The molecule has 0 heterocycles. The predicted molar refractivity (Wildman–Crippen MR) is 99.5 cm³/mol. The molecule has 1 N–H and O–H groups in total. The van der Waals surface area contributed by atoms with Crippen molar-refractivity contribution in [3.63, 3.8) is 0 Å². The highest BCUT2D eigenvalue weighted by Crippen LogP contribution is 2.17. The van der Waals surface area contributed by atoms with E-state index < -0.39 is 11.9 Å². The number of carbonyl (C=O) groups is 2. The van der Waals surface area contributed by atoms with Gasteiger partial charge >= 0.3 is 6.03 Å². The number of nitrogens with zero attached hydrogens (tertiary/aromatic N) is 1. The van der Waals surface area contributed by atoms with E-state index in [-0.39, 0.29) is 6.61 Å². The quantitative estimate of drug-likeness (QED) is 0.705. The molecule has 130 valence electrons. The van der Waals surface area contributed by atoms with Gasteiger partial charge in [-0.1, -0.05) is 66.7 Å². The zero-order valence-corrected chi connectivity index (χ0v) is 14.0. The highest BCUT2D eigenvalue weighted by molar-refractivity contribution is 6.20. The number of amides is 3. The summed E-state index contributed by atoms with van der Waals surface area (Å²) in [6.07, 6.45) is 0.